The van der Waals surface area contributed by atoms with E-state index in [2.05, 4.69) is 0 Å². The average Bonchev–Trinajstić information content (AvgIpc) is 2.12. The van der Waals surface area contributed by atoms with E-state index in [0.717, 1.165) is 0 Å². The van der Waals surface area contributed by atoms with E-state index >= 15 is 0 Å². The van der Waals surface area contributed by atoms with Crippen molar-refractivity contribution in [3.63, 3.8) is 0 Å². The molecule has 0 spiro atoms. The molecule has 0 bridgehead atoms. The van der Waals surface area contributed by atoms with Crippen LogP contribution in [0.2, 0.25) is 0 Å². The summed E-state index contributed by atoms with van der Waals surface area (Å²) in [6.45, 7) is -0.760. The molecule has 0 saturated carbocycles. The van der Waals surface area contributed by atoms with Crippen LogP contribution in [-0.2, 0) is 25.2 Å². The minimum absolute atomic E-state index is 0. The van der Waals surface area contributed by atoms with Crippen LogP contribution in [0.25, 0.3) is 0 Å². The van der Waals surface area contributed by atoms with Gasteiger partial charge in [-0.1, -0.05) is 0 Å². The summed E-state index contributed by atoms with van der Waals surface area (Å²) in [5, 5.41) is 43.5. The Morgan fingerprint density at radius 2 is 1.54 bits per heavy atom. The van der Waals surface area contributed by atoms with Gasteiger partial charge in [-0.25, -0.2) is 0 Å². The molecule has 0 aromatic carbocycles. The molecule has 0 saturated heterocycles. The molecule has 0 rings (SSSR count). The summed E-state index contributed by atoms with van der Waals surface area (Å²) in [5.74, 6) is 0. The van der Waals surface area contributed by atoms with Crippen molar-refractivity contribution in [2.24, 2.45) is 0 Å². The number of carbonyl (C=O) groups excluding carboxylic acids is 1. The molecule has 13 heavy (non-hydrogen) atoms. The monoisotopic (exact) mass is 367 g/mol. The van der Waals surface area contributed by atoms with Crippen molar-refractivity contribution in [2.75, 3.05) is 6.61 Å². The average molecular weight is 366 g/mol. The van der Waals surface area contributed by atoms with Crippen LogP contribution in [0.1, 0.15) is 0 Å². The first-order valence-electron chi connectivity index (χ1n) is 3.33. The van der Waals surface area contributed by atoms with Gasteiger partial charge in [0.25, 0.3) is 0 Å². The van der Waals surface area contributed by atoms with Gasteiger partial charge in [-0.2, -0.15) is 0 Å². The molecule has 79 valence electrons. The van der Waals surface area contributed by atoms with E-state index < -0.39 is 31.0 Å². The molecule has 0 aliphatic carbocycles. The van der Waals surface area contributed by atoms with Crippen molar-refractivity contribution in [3.8, 4) is 0 Å². The second kappa shape index (κ2) is 7.53. The second-order valence-corrected chi connectivity index (χ2v) is 2.36. The molecule has 0 amide bonds. The third-order valence-corrected chi connectivity index (χ3v) is 1.42. The molecule has 0 heterocycles. The molecule has 7 heteroatoms. The fourth-order valence-electron chi connectivity index (χ4n) is 0.618. The van der Waals surface area contributed by atoms with Crippen LogP contribution < -0.4 is 0 Å². The van der Waals surface area contributed by atoms with E-state index in [4.69, 9.17) is 25.5 Å². The quantitative estimate of drug-likeness (QED) is 0.324. The van der Waals surface area contributed by atoms with Crippen molar-refractivity contribution in [3.05, 3.63) is 0 Å². The predicted molar refractivity (Wildman–Crippen MR) is 37.2 cm³/mol. The third-order valence-electron chi connectivity index (χ3n) is 1.42. The molecule has 0 aromatic rings. The topological polar surface area (TPSA) is 118 Å². The first kappa shape index (κ1) is 15.6. The molecule has 0 unspecified atom stereocenters. The summed E-state index contributed by atoms with van der Waals surface area (Å²) in [6.07, 6.45) is -6.84. The van der Waals surface area contributed by atoms with Gasteiger partial charge in [0.2, 0.25) is 0 Å². The summed E-state index contributed by atoms with van der Waals surface area (Å²) in [7, 11) is 0. The van der Waals surface area contributed by atoms with Gasteiger partial charge in [-0.05, 0) is 0 Å². The van der Waals surface area contributed by atoms with Crippen LogP contribution in [0.15, 0.2) is 0 Å². The molecular formula is C6H12O6Re. The van der Waals surface area contributed by atoms with Crippen molar-refractivity contribution >= 4 is 6.29 Å². The summed E-state index contributed by atoms with van der Waals surface area (Å²) in [4.78, 5) is 9.90. The Balaban J connectivity index is 0. The van der Waals surface area contributed by atoms with Crippen LogP contribution in [-0.4, -0.2) is 62.8 Å². The molecule has 0 fully saturated rings. The Morgan fingerprint density at radius 3 is 1.85 bits per heavy atom. The van der Waals surface area contributed by atoms with Crippen LogP contribution >= 0.6 is 0 Å². The summed E-state index contributed by atoms with van der Waals surface area (Å²) < 4.78 is 0. The normalized spacial score (nSPS) is 19.5. The number of rotatable bonds is 5. The number of hydrogen-bond acceptors (Lipinski definition) is 6. The third kappa shape index (κ3) is 4.79. The standard InChI is InChI=1S/C6H12O6.Re/c7-1-3(9)5(11)6(12)4(10)2-8;/h1,3-6,8-12H,2H2;/t3-,4+,5+,6-;/m0./s1. The maximum Gasteiger partial charge on any atom is 0.151 e. The van der Waals surface area contributed by atoms with Gasteiger partial charge in [0.1, 0.15) is 24.4 Å². The zero-order chi connectivity index (χ0) is 9.72. The van der Waals surface area contributed by atoms with Gasteiger partial charge < -0.3 is 30.3 Å². The summed E-state index contributed by atoms with van der Waals surface area (Å²) in [5.41, 5.74) is 0. The number of hydrogen-bond donors (Lipinski definition) is 5. The number of aliphatic hydroxyl groups excluding tert-OH is 5. The smallest absolute Gasteiger partial charge is 0.151 e. The fraction of sp³-hybridized carbons (Fsp3) is 0.833. The Hall–Kier alpha value is 0.132. The molecule has 4 atom stereocenters. The van der Waals surface area contributed by atoms with Gasteiger partial charge >= 0.3 is 0 Å². The SMILES string of the molecule is O=C[C@H](O)[C@@H](O)[C@@H](O)[C@H](O)CO.[Re]. The maximum absolute atomic E-state index is 9.90. The minimum Gasteiger partial charge on any atom is -0.394 e. The molecule has 0 aliphatic heterocycles. The van der Waals surface area contributed by atoms with Crippen molar-refractivity contribution in [1.29, 1.82) is 0 Å². The molecule has 0 aromatic heterocycles. The van der Waals surface area contributed by atoms with Gasteiger partial charge in [0, 0.05) is 20.4 Å². The largest absolute Gasteiger partial charge is 0.394 e. The number of aldehydes is 1. The van der Waals surface area contributed by atoms with Gasteiger partial charge in [0.15, 0.2) is 6.29 Å². The predicted octanol–water partition coefficient (Wildman–Crippen LogP) is -3.38. The van der Waals surface area contributed by atoms with Crippen LogP contribution in [0.5, 0.6) is 0 Å². The van der Waals surface area contributed by atoms with E-state index in [1.54, 1.807) is 0 Å². The minimum atomic E-state index is -1.79. The Labute approximate surface area is 88.5 Å². The fourth-order valence-corrected chi connectivity index (χ4v) is 0.618. The van der Waals surface area contributed by atoms with E-state index in [1.807, 2.05) is 0 Å². The van der Waals surface area contributed by atoms with Crippen molar-refractivity contribution < 1.29 is 50.7 Å². The first-order valence-corrected chi connectivity index (χ1v) is 3.33. The Morgan fingerprint density at radius 1 is 1.08 bits per heavy atom. The second-order valence-electron chi connectivity index (χ2n) is 2.36. The van der Waals surface area contributed by atoms with Crippen molar-refractivity contribution in [1.82, 2.24) is 0 Å². The van der Waals surface area contributed by atoms with E-state index in [9.17, 15) is 4.79 Å². The zero-order valence-corrected chi connectivity index (χ0v) is 9.33. The zero-order valence-electron chi connectivity index (χ0n) is 6.62. The molecule has 0 aliphatic rings. The number of carbonyl (C=O) groups is 1. The van der Waals surface area contributed by atoms with Gasteiger partial charge in [-0.3, -0.25) is 0 Å². The van der Waals surface area contributed by atoms with E-state index in [0.29, 0.717) is 0 Å². The van der Waals surface area contributed by atoms with E-state index in [-0.39, 0.29) is 26.7 Å². The molecule has 6 nitrogen and oxygen atoms in total. The Bertz CT molecular complexity index is 143. The molecule has 1 radical (unpaired) electrons. The molecule has 5 N–H and O–H groups in total. The van der Waals surface area contributed by atoms with Crippen molar-refractivity contribution in [2.45, 2.75) is 24.4 Å². The van der Waals surface area contributed by atoms with Gasteiger partial charge in [-0.15, -0.1) is 0 Å². The van der Waals surface area contributed by atoms with Crippen LogP contribution in [0.3, 0.4) is 0 Å². The van der Waals surface area contributed by atoms with E-state index in [1.165, 1.54) is 0 Å². The molecular weight excluding hydrogens is 354 g/mol. The first-order chi connectivity index (χ1) is 5.54. The maximum atomic E-state index is 9.90. The summed E-state index contributed by atoms with van der Waals surface area (Å²) >= 11 is 0. The van der Waals surface area contributed by atoms with Gasteiger partial charge in [0.05, 0.1) is 6.61 Å². The summed E-state index contributed by atoms with van der Waals surface area (Å²) in [6, 6.07) is 0. The van der Waals surface area contributed by atoms with Crippen LogP contribution in [0.4, 0.5) is 0 Å². The Kier molecular flexibility index (Phi) is 9.03. The number of aliphatic hydroxyl groups is 5. The van der Waals surface area contributed by atoms with Crippen LogP contribution in [0, 0.1) is 0 Å².